The third kappa shape index (κ3) is 8.01. The maximum absolute atomic E-state index is 12.0. The third-order valence-corrected chi connectivity index (χ3v) is 6.93. The van der Waals surface area contributed by atoms with Gasteiger partial charge in [-0.1, -0.05) is 57.0 Å². The van der Waals surface area contributed by atoms with E-state index in [0.29, 0.717) is 31.0 Å². The van der Waals surface area contributed by atoms with Crippen LogP contribution in [-0.4, -0.2) is 64.6 Å². The Hall–Kier alpha value is -3.46. The van der Waals surface area contributed by atoms with Gasteiger partial charge in [0.1, 0.15) is 5.82 Å². The summed E-state index contributed by atoms with van der Waals surface area (Å²) in [5.74, 6) is 1.66. The number of carbonyl (C=O) groups is 2. The van der Waals surface area contributed by atoms with E-state index in [4.69, 9.17) is 4.74 Å². The summed E-state index contributed by atoms with van der Waals surface area (Å²) >= 11 is 0. The zero-order chi connectivity index (χ0) is 26.0. The van der Waals surface area contributed by atoms with Crippen molar-refractivity contribution in [1.29, 1.82) is 0 Å². The van der Waals surface area contributed by atoms with Gasteiger partial charge in [0.2, 0.25) is 11.9 Å². The summed E-state index contributed by atoms with van der Waals surface area (Å²) < 4.78 is 5.12. The van der Waals surface area contributed by atoms with E-state index in [0.717, 1.165) is 50.5 Å². The van der Waals surface area contributed by atoms with Crippen molar-refractivity contribution in [3.63, 3.8) is 0 Å². The molecule has 198 valence electrons. The lowest BCUT2D eigenvalue weighted by Gasteiger charge is -2.39. The maximum Gasteiger partial charge on any atom is 0.412 e. The second kappa shape index (κ2) is 13.2. The molecule has 9 nitrogen and oxygen atoms in total. The van der Waals surface area contributed by atoms with Crippen LogP contribution >= 0.6 is 0 Å². The molecule has 1 aromatic carbocycles. The Bertz CT molecular complexity index is 1050. The zero-order valence-electron chi connectivity index (χ0n) is 21.7. The monoisotopic (exact) mass is 506 g/mol. The van der Waals surface area contributed by atoms with Gasteiger partial charge in [0.15, 0.2) is 0 Å². The Morgan fingerprint density at radius 1 is 1.16 bits per heavy atom. The van der Waals surface area contributed by atoms with Crippen LogP contribution in [0.3, 0.4) is 0 Å². The van der Waals surface area contributed by atoms with Crippen molar-refractivity contribution in [2.75, 3.05) is 43.4 Å². The van der Waals surface area contributed by atoms with Gasteiger partial charge in [0, 0.05) is 45.0 Å². The first-order valence-electron chi connectivity index (χ1n) is 13.3. The van der Waals surface area contributed by atoms with Crippen molar-refractivity contribution in [2.45, 2.75) is 51.6 Å². The van der Waals surface area contributed by atoms with Gasteiger partial charge >= 0.3 is 6.09 Å². The molecule has 2 amide bonds. The van der Waals surface area contributed by atoms with Crippen molar-refractivity contribution >= 4 is 23.8 Å². The number of nitrogens with one attached hydrogen (secondary N) is 2. The molecule has 2 heterocycles. The Morgan fingerprint density at radius 3 is 2.59 bits per heavy atom. The fourth-order valence-electron chi connectivity index (χ4n) is 4.55. The fourth-order valence-corrected chi connectivity index (χ4v) is 4.55. The molecule has 0 spiro atoms. The Balaban J connectivity index is 1.31. The summed E-state index contributed by atoms with van der Waals surface area (Å²) in [5.41, 5.74) is 2.44. The van der Waals surface area contributed by atoms with Crippen molar-refractivity contribution in [3.8, 4) is 0 Å². The first-order chi connectivity index (χ1) is 18.1. The number of nitrogens with zero attached hydrogens (tertiary/aromatic N) is 4. The first-order valence-corrected chi connectivity index (χ1v) is 13.3. The lowest BCUT2D eigenvalue weighted by molar-refractivity contribution is -0.128. The number of carbonyl (C=O) groups excluding carboxylic acids is 2. The highest BCUT2D eigenvalue weighted by Crippen LogP contribution is 2.40. The van der Waals surface area contributed by atoms with Crippen molar-refractivity contribution < 1.29 is 14.3 Å². The molecule has 1 aliphatic carbocycles. The average molecular weight is 507 g/mol. The van der Waals surface area contributed by atoms with Gasteiger partial charge in [-0.2, -0.15) is 4.98 Å². The summed E-state index contributed by atoms with van der Waals surface area (Å²) in [4.78, 5) is 36.9. The van der Waals surface area contributed by atoms with E-state index in [1.165, 1.54) is 30.9 Å². The standard InChI is InChI=1S/C28H38N6O3/c1-3-5-18-37-28(36)32-25-12-13-29-27(31-25)30-20-22-8-10-23(11-9-22)24(19-21-6-7-21)33-14-16-34(17-15-33)26(35)4-2/h4,8-13,21,24H,2-3,5-7,14-20H2,1H3,(H2,29,30,31,32,36). The Kier molecular flexibility index (Phi) is 9.48. The van der Waals surface area contributed by atoms with Gasteiger partial charge in [0.25, 0.3) is 0 Å². The van der Waals surface area contributed by atoms with Gasteiger partial charge < -0.3 is 15.0 Å². The van der Waals surface area contributed by atoms with Crippen LogP contribution in [0.2, 0.25) is 0 Å². The average Bonchev–Trinajstić information content (AvgIpc) is 3.75. The molecule has 2 fully saturated rings. The van der Waals surface area contributed by atoms with E-state index < -0.39 is 6.09 Å². The van der Waals surface area contributed by atoms with Crippen LogP contribution in [0.1, 0.15) is 56.2 Å². The van der Waals surface area contributed by atoms with E-state index in [2.05, 4.69) is 56.3 Å². The van der Waals surface area contributed by atoms with Gasteiger partial charge in [-0.15, -0.1) is 0 Å². The summed E-state index contributed by atoms with van der Waals surface area (Å²) in [5, 5.41) is 5.87. The molecule has 1 aromatic heterocycles. The van der Waals surface area contributed by atoms with Crippen LogP contribution in [0.5, 0.6) is 0 Å². The molecule has 2 aromatic rings. The lowest BCUT2D eigenvalue weighted by atomic mass is 9.97. The predicted molar refractivity (Wildman–Crippen MR) is 144 cm³/mol. The first kappa shape index (κ1) is 26.6. The topological polar surface area (TPSA) is 99.7 Å². The summed E-state index contributed by atoms with van der Waals surface area (Å²) in [6.07, 6.45) is 8.10. The molecule has 9 heteroatoms. The fraction of sp³-hybridized carbons (Fsp3) is 0.500. The molecule has 2 N–H and O–H groups in total. The second-order valence-electron chi connectivity index (χ2n) is 9.74. The molecule has 1 unspecified atom stereocenters. The maximum atomic E-state index is 12.0. The highest BCUT2D eigenvalue weighted by molar-refractivity contribution is 5.87. The van der Waals surface area contributed by atoms with Gasteiger partial charge in [-0.3, -0.25) is 15.0 Å². The number of benzene rings is 1. The minimum atomic E-state index is -0.511. The molecule has 37 heavy (non-hydrogen) atoms. The molecule has 0 bridgehead atoms. The number of unbranched alkanes of at least 4 members (excludes halogenated alkanes) is 1. The number of hydrogen-bond acceptors (Lipinski definition) is 7. The SMILES string of the molecule is C=CC(=O)N1CCN(C(CC2CC2)c2ccc(CNc3nccc(NC(=O)OCCCC)n3)cc2)CC1. The van der Waals surface area contributed by atoms with Crippen LogP contribution in [0.15, 0.2) is 49.2 Å². The van der Waals surface area contributed by atoms with Crippen LogP contribution in [-0.2, 0) is 16.1 Å². The van der Waals surface area contributed by atoms with Crippen LogP contribution < -0.4 is 10.6 Å². The quantitative estimate of drug-likeness (QED) is 0.320. The molecule has 1 aliphatic heterocycles. The number of amides is 2. The van der Waals surface area contributed by atoms with Gasteiger partial charge in [0.05, 0.1) is 6.61 Å². The number of hydrogen-bond donors (Lipinski definition) is 2. The lowest BCUT2D eigenvalue weighted by Crippen LogP contribution is -2.49. The summed E-state index contributed by atoms with van der Waals surface area (Å²) in [7, 11) is 0. The third-order valence-electron chi connectivity index (χ3n) is 6.93. The van der Waals surface area contributed by atoms with E-state index in [1.54, 1.807) is 12.3 Å². The van der Waals surface area contributed by atoms with Crippen molar-refractivity contribution in [3.05, 3.63) is 60.3 Å². The smallest absolute Gasteiger partial charge is 0.412 e. The highest BCUT2D eigenvalue weighted by atomic mass is 16.5. The molecule has 1 saturated heterocycles. The van der Waals surface area contributed by atoms with Gasteiger partial charge in [-0.05, 0) is 42.0 Å². The zero-order valence-corrected chi connectivity index (χ0v) is 21.7. The van der Waals surface area contributed by atoms with Crippen molar-refractivity contribution in [1.82, 2.24) is 19.8 Å². The molecule has 1 saturated carbocycles. The molecule has 4 rings (SSSR count). The van der Waals surface area contributed by atoms with E-state index in [1.807, 2.05) is 11.8 Å². The largest absolute Gasteiger partial charge is 0.449 e. The Labute approximate surface area is 219 Å². The number of aromatic nitrogens is 2. The second-order valence-corrected chi connectivity index (χ2v) is 9.74. The van der Waals surface area contributed by atoms with Gasteiger partial charge in [-0.25, -0.2) is 9.78 Å². The van der Waals surface area contributed by atoms with E-state index >= 15 is 0 Å². The highest BCUT2D eigenvalue weighted by Gasteiger charge is 2.32. The van der Waals surface area contributed by atoms with E-state index in [-0.39, 0.29) is 5.91 Å². The van der Waals surface area contributed by atoms with Crippen molar-refractivity contribution in [2.24, 2.45) is 5.92 Å². The number of anilines is 2. The molecular formula is C28H38N6O3. The van der Waals surface area contributed by atoms with E-state index in [9.17, 15) is 9.59 Å². The summed E-state index contributed by atoms with van der Waals surface area (Å²) in [6.45, 7) is 9.88. The molecule has 2 aliphatic rings. The van der Waals surface area contributed by atoms with Crippen LogP contribution in [0.25, 0.3) is 0 Å². The number of piperazine rings is 1. The molecular weight excluding hydrogens is 468 g/mol. The predicted octanol–water partition coefficient (Wildman–Crippen LogP) is 4.61. The minimum Gasteiger partial charge on any atom is -0.449 e. The minimum absolute atomic E-state index is 0.0208. The van der Waals surface area contributed by atoms with Crippen LogP contribution in [0.4, 0.5) is 16.6 Å². The number of rotatable bonds is 12. The number of ether oxygens (including phenoxy) is 1. The van der Waals surface area contributed by atoms with Crippen LogP contribution in [0, 0.1) is 5.92 Å². The normalized spacial score (nSPS) is 16.6. The molecule has 1 atom stereocenters. The summed E-state index contributed by atoms with van der Waals surface area (Å²) in [6, 6.07) is 10.7. The molecule has 0 radical (unpaired) electrons. The Morgan fingerprint density at radius 2 is 1.92 bits per heavy atom.